The minimum atomic E-state index is -4.04. The van der Waals surface area contributed by atoms with Crippen LogP contribution in [0.1, 0.15) is 45.6 Å². The quantitative estimate of drug-likeness (QED) is 0.498. The largest absolute Gasteiger partial charge is 0.369 e. The molecule has 1 saturated heterocycles. The molecule has 1 unspecified atom stereocenters. The van der Waals surface area contributed by atoms with Crippen LogP contribution >= 0.6 is 0 Å². The highest BCUT2D eigenvalue weighted by molar-refractivity contribution is 7.91. The fourth-order valence-corrected chi connectivity index (χ4v) is 6.04. The van der Waals surface area contributed by atoms with Crippen molar-refractivity contribution in [3.05, 3.63) is 64.2 Å². The van der Waals surface area contributed by atoms with Gasteiger partial charge in [-0.1, -0.05) is 32.9 Å². The first-order chi connectivity index (χ1) is 15.8. The van der Waals surface area contributed by atoms with E-state index >= 15 is 4.39 Å². The van der Waals surface area contributed by atoms with Crippen molar-refractivity contribution >= 4 is 26.4 Å². The number of benzene rings is 2. The second-order valence-electron chi connectivity index (χ2n) is 9.03. The maximum absolute atomic E-state index is 15.2. The summed E-state index contributed by atoms with van der Waals surface area (Å²) in [5.74, 6) is -0.0168. The molecule has 1 aliphatic rings. The van der Waals surface area contributed by atoms with Crippen LogP contribution < -0.4 is 10.3 Å². The minimum Gasteiger partial charge on any atom is -0.369 e. The van der Waals surface area contributed by atoms with Crippen molar-refractivity contribution in [1.82, 2.24) is 4.57 Å². The Hall–Kier alpha value is -2.67. The summed E-state index contributed by atoms with van der Waals surface area (Å²) in [7, 11) is -4.04. The molecular weight excluding hydrogens is 439 g/mol. The fraction of sp³-hybridized carbons (Fsp3) is 0.423. The van der Waals surface area contributed by atoms with Crippen LogP contribution in [0.4, 0.5) is 10.1 Å². The zero-order valence-corrected chi connectivity index (χ0v) is 20.3. The number of piperidine rings is 1. The molecular formula is C26H31FN2O3S. The highest BCUT2D eigenvalue weighted by atomic mass is 32.2. The molecule has 33 heavy (non-hydrogen) atoms. The maximum Gasteiger partial charge on any atom is 0.211 e. The van der Waals surface area contributed by atoms with Gasteiger partial charge in [0.2, 0.25) is 15.3 Å². The van der Waals surface area contributed by atoms with Gasteiger partial charge in [0, 0.05) is 25.8 Å². The Labute approximate surface area is 194 Å². The smallest absolute Gasteiger partial charge is 0.211 e. The molecule has 4 rings (SSSR count). The summed E-state index contributed by atoms with van der Waals surface area (Å²) in [5, 5.41) is 0.0982. The molecule has 1 aliphatic heterocycles. The van der Waals surface area contributed by atoms with Crippen LogP contribution in [0.25, 0.3) is 10.9 Å². The first-order valence-corrected chi connectivity index (χ1v) is 13.2. The number of pyridine rings is 1. The molecule has 7 heteroatoms. The van der Waals surface area contributed by atoms with Crippen LogP contribution in [0.15, 0.2) is 57.2 Å². The third kappa shape index (κ3) is 4.43. The Morgan fingerprint density at radius 2 is 1.85 bits per heavy atom. The van der Waals surface area contributed by atoms with E-state index in [1.165, 1.54) is 24.4 Å². The number of halogens is 1. The predicted molar refractivity (Wildman–Crippen MR) is 130 cm³/mol. The number of fused-ring (bicyclic) bond motifs is 1. The van der Waals surface area contributed by atoms with Crippen LogP contribution in [0.2, 0.25) is 0 Å². The van der Waals surface area contributed by atoms with Gasteiger partial charge in [-0.3, -0.25) is 4.79 Å². The van der Waals surface area contributed by atoms with Crippen LogP contribution in [-0.2, 0) is 22.8 Å². The highest BCUT2D eigenvalue weighted by Crippen LogP contribution is 2.30. The van der Waals surface area contributed by atoms with Gasteiger partial charge in [0.15, 0.2) is 0 Å². The minimum absolute atomic E-state index is 0.0681. The van der Waals surface area contributed by atoms with Gasteiger partial charge in [-0.2, -0.15) is 0 Å². The van der Waals surface area contributed by atoms with E-state index in [4.69, 9.17) is 0 Å². The van der Waals surface area contributed by atoms with Gasteiger partial charge in [0.05, 0.1) is 21.5 Å². The summed E-state index contributed by atoms with van der Waals surface area (Å²) in [6, 6.07) is 9.50. The Kier molecular flexibility index (Phi) is 6.61. The van der Waals surface area contributed by atoms with Gasteiger partial charge in [-0.15, -0.1) is 0 Å². The molecule has 2 aromatic carbocycles. The number of aromatic nitrogens is 1. The van der Waals surface area contributed by atoms with E-state index in [1.807, 2.05) is 18.7 Å². The lowest BCUT2D eigenvalue weighted by Gasteiger charge is -2.33. The first kappa shape index (κ1) is 23.5. The monoisotopic (exact) mass is 470 g/mol. The number of rotatable bonds is 6. The van der Waals surface area contributed by atoms with E-state index in [1.54, 1.807) is 22.8 Å². The molecule has 0 N–H and O–H groups in total. The standard InChI is InChI=1S/C26H31FN2O3S/c1-4-12-28-17-25(33(31,32)20-10-8-19(5-2)9-11-20)26(30)21-14-22(27)24(15-23(21)28)29-13-6-7-18(3)16-29/h8-11,14-15,17-18H,4-7,12-13,16H2,1-3H3. The van der Waals surface area contributed by atoms with Crippen molar-refractivity contribution in [1.29, 1.82) is 0 Å². The van der Waals surface area contributed by atoms with Crippen LogP contribution in [0, 0.1) is 11.7 Å². The second-order valence-corrected chi connectivity index (χ2v) is 10.9. The SMILES string of the molecule is CCCn1cc(S(=O)(=O)c2ccc(CC)cc2)c(=O)c2cc(F)c(N3CCCC(C)C3)cc21. The Morgan fingerprint density at radius 3 is 2.48 bits per heavy atom. The fourth-order valence-electron chi connectivity index (χ4n) is 4.67. The normalized spacial score (nSPS) is 17.0. The van der Waals surface area contributed by atoms with E-state index in [-0.39, 0.29) is 15.2 Å². The molecule has 2 heterocycles. The molecule has 0 aliphatic carbocycles. The van der Waals surface area contributed by atoms with E-state index in [2.05, 4.69) is 6.92 Å². The molecule has 0 bridgehead atoms. The van der Waals surface area contributed by atoms with Gasteiger partial charge < -0.3 is 9.47 Å². The molecule has 0 radical (unpaired) electrons. The molecule has 176 valence electrons. The second kappa shape index (κ2) is 9.29. The molecule has 0 spiro atoms. The topological polar surface area (TPSA) is 59.4 Å². The summed E-state index contributed by atoms with van der Waals surface area (Å²) < 4.78 is 43.8. The van der Waals surface area contributed by atoms with Crippen molar-refractivity contribution in [3.8, 4) is 0 Å². The summed E-state index contributed by atoms with van der Waals surface area (Å²) >= 11 is 0. The lowest BCUT2D eigenvalue weighted by Crippen LogP contribution is -2.35. The molecule has 3 aromatic rings. The number of aryl methyl sites for hydroxylation is 2. The van der Waals surface area contributed by atoms with Gasteiger partial charge in [-0.05, 0) is 61.4 Å². The van der Waals surface area contributed by atoms with Gasteiger partial charge in [0.25, 0.3) is 0 Å². The van der Waals surface area contributed by atoms with E-state index in [0.29, 0.717) is 23.7 Å². The Bertz CT molecular complexity index is 1330. The van der Waals surface area contributed by atoms with Crippen molar-refractivity contribution < 1.29 is 12.8 Å². The predicted octanol–water partition coefficient (Wildman–Crippen LogP) is 5.18. The first-order valence-electron chi connectivity index (χ1n) is 11.7. The lowest BCUT2D eigenvalue weighted by molar-refractivity contribution is 0.442. The number of anilines is 1. The van der Waals surface area contributed by atoms with Gasteiger partial charge in [-0.25, -0.2) is 12.8 Å². The summed E-state index contributed by atoms with van der Waals surface area (Å²) in [6.07, 6.45) is 5.08. The van der Waals surface area contributed by atoms with E-state index in [9.17, 15) is 13.2 Å². The summed E-state index contributed by atoms with van der Waals surface area (Å²) in [5.41, 5.74) is 1.40. The van der Waals surface area contributed by atoms with Gasteiger partial charge >= 0.3 is 0 Å². The van der Waals surface area contributed by atoms with Crippen LogP contribution in [0.3, 0.4) is 0 Å². The third-order valence-electron chi connectivity index (χ3n) is 6.51. The molecule has 0 saturated carbocycles. The number of hydrogen-bond donors (Lipinski definition) is 0. The molecule has 5 nitrogen and oxygen atoms in total. The molecule has 1 fully saturated rings. The van der Waals surface area contributed by atoms with Crippen molar-refractivity contribution in [2.24, 2.45) is 5.92 Å². The molecule has 1 aromatic heterocycles. The van der Waals surface area contributed by atoms with Crippen molar-refractivity contribution in [3.63, 3.8) is 0 Å². The molecule has 1 atom stereocenters. The number of sulfone groups is 1. The summed E-state index contributed by atoms with van der Waals surface area (Å²) in [4.78, 5) is 15.1. The average molecular weight is 471 g/mol. The van der Waals surface area contributed by atoms with Gasteiger partial charge in [0.1, 0.15) is 10.7 Å². The molecule has 0 amide bonds. The lowest BCUT2D eigenvalue weighted by atomic mass is 9.99. The Morgan fingerprint density at radius 1 is 1.12 bits per heavy atom. The zero-order chi connectivity index (χ0) is 23.8. The van der Waals surface area contributed by atoms with Crippen molar-refractivity contribution in [2.75, 3.05) is 18.0 Å². The van der Waals surface area contributed by atoms with E-state index in [0.717, 1.165) is 44.3 Å². The zero-order valence-electron chi connectivity index (χ0n) is 19.5. The number of nitrogens with zero attached hydrogens (tertiary/aromatic N) is 2. The Balaban J connectivity index is 1.90. The van der Waals surface area contributed by atoms with E-state index < -0.39 is 21.1 Å². The number of hydrogen-bond acceptors (Lipinski definition) is 4. The van der Waals surface area contributed by atoms with Crippen LogP contribution in [0.5, 0.6) is 0 Å². The van der Waals surface area contributed by atoms with Crippen molar-refractivity contribution in [2.45, 2.75) is 62.8 Å². The summed E-state index contributed by atoms with van der Waals surface area (Å²) in [6.45, 7) is 8.19. The maximum atomic E-state index is 15.2. The highest BCUT2D eigenvalue weighted by Gasteiger charge is 2.26. The van der Waals surface area contributed by atoms with Crippen LogP contribution in [-0.4, -0.2) is 26.1 Å². The average Bonchev–Trinajstić information content (AvgIpc) is 2.80. The third-order valence-corrected chi connectivity index (χ3v) is 8.27.